The zero-order chi connectivity index (χ0) is 18.7. The molecule has 0 saturated carbocycles. The molecule has 1 rings (SSSR count). The van der Waals surface area contributed by atoms with Gasteiger partial charge in [-0.05, 0) is 26.3 Å². The molecule has 1 aromatic rings. The number of nitrogens with one attached hydrogen (secondary N) is 1. The van der Waals surface area contributed by atoms with Crippen LogP contribution in [0, 0.1) is 0 Å². The van der Waals surface area contributed by atoms with Crippen LogP contribution in [0.2, 0.25) is 0 Å². The van der Waals surface area contributed by atoms with Gasteiger partial charge in [-0.15, -0.1) is 6.58 Å². The predicted octanol–water partition coefficient (Wildman–Crippen LogP) is 2.79. The van der Waals surface area contributed by atoms with Gasteiger partial charge in [0.1, 0.15) is 5.75 Å². The van der Waals surface area contributed by atoms with Crippen molar-refractivity contribution >= 4 is 11.9 Å². The Labute approximate surface area is 149 Å². The van der Waals surface area contributed by atoms with Crippen molar-refractivity contribution in [2.75, 3.05) is 19.8 Å². The second-order valence-corrected chi connectivity index (χ2v) is 5.37. The van der Waals surface area contributed by atoms with Gasteiger partial charge in [-0.3, -0.25) is 4.79 Å². The SMILES string of the molecule is C=CCOC(C)C(=O)OCC(=O)NC(CC)c1ccccc1OCC. The first kappa shape index (κ1) is 20.7. The van der Waals surface area contributed by atoms with E-state index in [1.165, 1.54) is 6.08 Å². The summed E-state index contributed by atoms with van der Waals surface area (Å²) in [5.74, 6) is -0.220. The largest absolute Gasteiger partial charge is 0.494 e. The average molecular weight is 349 g/mol. The molecule has 0 spiro atoms. The van der Waals surface area contributed by atoms with Crippen molar-refractivity contribution in [2.45, 2.75) is 39.3 Å². The summed E-state index contributed by atoms with van der Waals surface area (Å²) in [5, 5.41) is 2.87. The maximum Gasteiger partial charge on any atom is 0.335 e. The van der Waals surface area contributed by atoms with Crippen LogP contribution in [0.4, 0.5) is 0 Å². The summed E-state index contributed by atoms with van der Waals surface area (Å²) in [7, 11) is 0. The lowest BCUT2D eigenvalue weighted by atomic mass is 10.0. The van der Waals surface area contributed by atoms with E-state index in [1.54, 1.807) is 6.92 Å². The van der Waals surface area contributed by atoms with Crippen LogP contribution in [-0.2, 0) is 19.1 Å². The molecule has 1 N–H and O–H groups in total. The van der Waals surface area contributed by atoms with Gasteiger partial charge in [-0.2, -0.15) is 0 Å². The summed E-state index contributed by atoms with van der Waals surface area (Å²) in [4.78, 5) is 23.8. The maximum atomic E-state index is 12.1. The Morgan fingerprint density at radius 1 is 1.28 bits per heavy atom. The van der Waals surface area contributed by atoms with E-state index in [-0.39, 0.29) is 25.2 Å². The number of hydrogen-bond acceptors (Lipinski definition) is 5. The molecular formula is C19H27NO5. The molecule has 0 radical (unpaired) electrons. The van der Waals surface area contributed by atoms with Crippen LogP contribution in [0.15, 0.2) is 36.9 Å². The number of benzene rings is 1. The highest BCUT2D eigenvalue weighted by atomic mass is 16.6. The fourth-order valence-electron chi connectivity index (χ4n) is 2.23. The molecule has 0 aliphatic carbocycles. The molecule has 1 aromatic carbocycles. The number of carbonyl (C=O) groups is 2. The van der Waals surface area contributed by atoms with E-state index >= 15 is 0 Å². The van der Waals surface area contributed by atoms with Gasteiger partial charge in [-0.1, -0.05) is 31.2 Å². The average Bonchev–Trinajstić information content (AvgIpc) is 2.63. The number of para-hydroxylation sites is 1. The summed E-state index contributed by atoms with van der Waals surface area (Å²) < 4.78 is 15.7. The van der Waals surface area contributed by atoms with Gasteiger partial charge >= 0.3 is 5.97 Å². The quantitative estimate of drug-likeness (QED) is 0.491. The Hall–Kier alpha value is -2.34. The van der Waals surface area contributed by atoms with Crippen LogP contribution in [0.5, 0.6) is 5.75 Å². The van der Waals surface area contributed by atoms with Gasteiger partial charge in [0.15, 0.2) is 12.7 Å². The number of rotatable bonds is 11. The molecule has 1 amide bonds. The van der Waals surface area contributed by atoms with Crippen molar-refractivity contribution in [3.63, 3.8) is 0 Å². The second-order valence-electron chi connectivity index (χ2n) is 5.37. The van der Waals surface area contributed by atoms with Crippen LogP contribution < -0.4 is 10.1 Å². The lowest BCUT2D eigenvalue weighted by Crippen LogP contribution is -2.34. The molecule has 2 atom stereocenters. The standard InChI is InChI=1S/C19H27NO5/c1-5-12-24-14(4)19(22)25-13-18(21)20-16(6-2)15-10-8-9-11-17(15)23-7-3/h5,8-11,14,16H,1,6-7,12-13H2,2-4H3,(H,20,21). The normalized spacial score (nSPS) is 12.8. The lowest BCUT2D eigenvalue weighted by Gasteiger charge is -2.20. The predicted molar refractivity (Wildman–Crippen MR) is 95.4 cm³/mol. The van der Waals surface area contributed by atoms with Crippen molar-refractivity contribution in [2.24, 2.45) is 0 Å². The monoisotopic (exact) mass is 349 g/mol. The number of amides is 1. The van der Waals surface area contributed by atoms with Gasteiger partial charge in [0, 0.05) is 5.56 Å². The number of hydrogen-bond donors (Lipinski definition) is 1. The number of ether oxygens (including phenoxy) is 3. The van der Waals surface area contributed by atoms with Crippen LogP contribution in [0.25, 0.3) is 0 Å². The van der Waals surface area contributed by atoms with Crippen molar-refractivity contribution < 1.29 is 23.8 Å². The van der Waals surface area contributed by atoms with E-state index in [2.05, 4.69) is 11.9 Å². The minimum absolute atomic E-state index is 0.219. The van der Waals surface area contributed by atoms with Crippen LogP contribution in [0.3, 0.4) is 0 Å². The summed E-state index contributed by atoms with van der Waals surface area (Å²) >= 11 is 0. The minimum atomic E-state index is -0.744. The fraction of sp³-hybridized carbons (Fsp3) is 0.474. The first-order chi connectivity index (χ1) is 12.0. The van der Waals surface area contributed by atoms with Gasteiger partial charge in [0.05, 0.1) is 19.3 Å². The fourth-order valence-corrected chi connectivity index (χ4v) is 2.23. The molecule has 0 bridgehead atoms. The number of esters is 1. The smallest absolute Gasteiger partial charge is 0.335 e. The minimum Gasteiger partial charge on any atom is -0.494 e. The Kier molecular flexibility index (Phi) is 9.32. The molecule has 6 nitrogen and oxygen atoms in total. The van der Waals surface area contributed by atoms with Gasteiger partial charge < -0.3 is 19.5 Å². The topological polar surface area (TPSA) is 73.9 Å². The molecule has 6 heteroatoms. The molecule has 25 heavy (non-hydrogen) atoms. The molecular weight excluding hydrogens is 322 g/mol. The molecule has 0 aliphatic heterocycles. The third-order valence-corrected chi connectivity index (χ3v) is 3.48. The molecule has 138 valence electrons. The highest BCUT2D eigenvalue weighted by Crippen LogP contribution is 2.27. The molecule has 0 saturated heterocycles. The zero-order valence-electron chi connectivity index (χ0n) is 15.1. The van der Waals surface area contributed by atoms with E-state index in [4.69, 9.17) is 14.2 Å². The zero-order valence-corrected chi connectivity index (χ0v) is 15.1. The third-order valence-electron chi connectivity index (χ3n) is 3.48. The Morgan fingerprint density at radius 2 is 2.00 bits per heavy atom. The first-order valence-electron chi connectivity index (χ1n) is 8.43. The molecule has 0 heterocycles. The number of carbonyl (C=O) groups excluding carboxylic acids is 2. The Morgan fingerprint density at radius 3 is 2.64 bits per heavy atom. The third kappa shape index (κ3) is 6.97. The van der Waals surface area contributed by atoms with E-state index in [9.17, 15) is 9.59 Å². The van der Waals surface area contributed by atoms with Crippen molar-refractivity contribution in [1.29, 1.82) is 0 Å². The van der Waals surface area contributed by atoms with Crippen molar-refractivity contribution in [1.82, 2.24) is 5.32 Å². The van der Waals surface area contributed by atoms with Crippen molar-refractivity contribution in [3.8, 4) is 5.75 Å². The van der Waals surface area contributed by atoms with E-state index < -0.39 is 12.1 Å². The van der Waals surface area contributed by atoms with Crippen LogP contribution in [-0.4, -0.2) is 37.8 Å². The van der Waals surface area contributed by atoms with E-state index in [0.29, 0.717) is 13.0 Å². The van der Waals surface area contributed by atoms with Gasteiger partial charge in [0.2, 0.25) is 0 Å². The van der Waals surface area contributed by atoms with E-state index in [1.807, 2.05) is 38.1 Å². The highest BCUT2D eigenvalue weighted by Gasteiger charge is 2.19. The molecule has 2 unspecified atom stereocenters. The highest BCUT2D eigenvalue weighted by molar-refractivity contribution is 5.82. The Balaban J connectivity index is 2.59. The van der Waals surface area contributed by atoms with Gasteiger partial charge in [-0.25, -0.2) is 4.79 Å². The summed E-state index contributed by atoms with van der Waals surface area (Å²) in [6, 6.07) is 7.34. The van der Waals surface area contributed by atoms with Crippen molar-refractivity contribution in [3.05, 3.63) is 42.5 Å². The summed E-state index contributed by atoms with van der Waals surface area (Å²) in [5.41, 5.74) is 0.897. The molecule has 0 fully saturated rings. The summed E-state index contributed by atoms with van der Waals surface area (Å²) in [6.07, 6.45) is 1.48. The lowest BCUT2D eigenvalue weighted by molar-refractivity contribution is -0.158. The van der Waals surface area contributed by atoms with Crippen LogP contribution >= 0.6 is 0 Å². The maximum absolute atomic E-state index is 12.1. The van der Waals surface area contributed by atoms with Gasteiger partial charge in [0.25, 0.3) is 5.91 Å². The first-order valence-corrected chi connectivity index (χ1v) is 8.43. The van der Waals surface area contributed by atoms with E-state index in [0.717, 1.165) is 11.3 Å². The Bertz CT molecular complexity index is 573. The summed E-state index contributed by atoms with van der Waals surface area (Å²) in [6.45, 7) is 9.38. The second kappa shape index (κ2) is 11.3. The molecule has 0 aromatic heterocycles. The van der Waals surface area contributed by atoms with Crippen LogP contribution in [0.1, 0.15) is 38.8 Å². The molecule has 0 aliphatic rings.